The summed E-state index contributed by atoms with van der Waals surface area (Å²) < 4.78 is 0. The van der Waals surface area contributed by atoms with Gasteiger partial charge in [0.15, 0.2) is 0 Å². The van der Waals surface area contributed by atoms with Crippen molar-refractivity contribution in [3.63, 3.8) is 0 Å². The summed E-state index contributed by atoms with van der Waals surface area (Å²) >= 11 is 0. The number of hydrogen-bond acceptors (Lipinski definition) is 1. The Balaban J connectivity index is 1.77. The van der Waals surface area contributed by atoms with Gasteiger partial charge >= 0.3 is 5.97 Å². The van der Waals surface area contributed by atoms with Gasteiger partial charge in [0, 0.05) is 5.41 Å². The molecule has 26 heavy (non-hydrogen) atoms. The van der Waals surface area contributed by atoms with Gasteiger partial charge in [-0.05, 0) is 78.8 Å². The van der Waals surface area contributed by atoms with Crippen LogP contribution in [-0.4, -0.2) is 11.1 Å². The minimum atomic E-state index is -0.825. The zero-order valence-corrected chi connectivity index (χ0v) is 15.4. The average molecular weight is 346 g/mol. The van der Waals surface area contributed by atoms with Crippen molar-refractivity contribution >= 4 is 11.5 Å². The van der Waals surface area contributed by atoms with E-state index in [9.17, 15) is 9.90 Å². The van der Waals surface area contributed by atoms with Gasteiger partial charge < -0.3 is 5.11 Å². The first-order valence-electron chi connectivity index (χ1n) is 9.75. The second-order valence-corrected chi connectivity index (χ2v) is 7.78. The van der Waals surface area contributed by atoms with E-state index in [2.05, 4.69) is 49.4 Å². The Bertz CT molecular complexity index is 850. The van der Waals surface area contributed by atoms with Crippen LogP contribution in [-0.2, 0) is 11.8 Å². The van der Waals surface area contributed by atoms with Gasteiger partial charge in [-0.2, -0.15) is 0 Å². The van der Waals surface area contributed by atoms with Gasteiger partial charge in [0.25, 0.3) is 0 Å². The van der Waals surface area contributed by atoms with Crippen LogP contribution in [0.4, 0.5) is 0 Å². The summed E-state index contributed by atoms with van der Waals surface area (Å²) in [6.45, 7) is 2.30. The van der Waals surface area contributed by atoms with Crippen LogP contribution in [0.2, 0.25) is 0 Å². The third-order valence-electron chi connectivity index (χ3n) is 6.62. The summed E-state index contributed by atoms with van der Waals surface area (Å²) in [7, 11) is 0. The van der Waals surface area contributed by atoms with Gasteiger partial charge in [0.2, 0.25) is 0 Å². The van der Waals surface area contributed by atoms with Crippen molar-refractivity contribution in [1.82, 2.24) is 0 Å². The molecule has 0 saturated heterocycles. The van der Waals surface area contributed by atoms with E-state index in [1.165, 1.54) is 28.7 Å². The highest BCUT2D eigenvalue weighted by Crippen LogP contribution is 2.52. The van der Waals surface area contributed by atoms with Gasteiger partial charge in [-0.1, -0.05) is 49.4 Å². The summed E-state index contributed by atoms with van der Waals surface area (Å²) in [5, 5.41) is 9.36. The van der Waals surface area contributed by atoms with E-state index in [1.54, 1.807) is 6.07 Å². The number of carbonyl (C=O) groups is 1. The van der Waals surface area contributed by atoms with E-state index in [0.29, 0.717) is 11.5 Å². The van der Waals surface area contributed by atoms with Gasteiger partial charge in [-0.3, -0.25) is 0 Å². The van der Waals surface area contributed by atoms with Gasteiger partial charge in [-0.15, -0.1) is 0 Å². The summed E-state index contributed by atoms with van der Waals surface area (Å²) in [6.07, 6.45) is 9.08. The smallest absolute Gasteiger partial charge is 0.335 e. The number of fused-ring (bicyclic) bond motifs is 3. The topological polar surface area (TPSA) is 37.3 Å². The minimum absolute atomic E-state index is 0.154. The number of carboxylic acid groups (broad SMARTS) is 1. The van der Waals surface area contributed by atoms with Crippen LogP contribution in [0.1, 0.15) is 66.1 Å². The lowest BCUT2D eigenvalue weighted by Gasteiger charge is -2.44. The molecule has 0 unspecified atom stereocenters. The third kappa shape index (κ3) is 2.78. The molecule has 0 aromatic heterocycles. The van der Waals surface area contributed by atoms with Crippen molar-refractivity contribution in [3.05, 3.63) is 76.9 Å². The first-order chi connectivity index (χ1) is 12.6. The van der Waals surface area contributed by atoms with E-state index in [1.807, 2.05) is 6.07 Å². The fourth-order valence-electron chi connectivity index (χ4n) is 5.19. The lowest BCUT2D eigenvalue weighted by atomic mass is 9.60. The highest BCUT2D eigenvalue weighted by atomic mass is 16.4. The Morgan fingerprint density at radius 2 is 2.00 bits per heavy atom. The SMILES string of the molecule is CC[C@]12CC=C(c3ccccc3)C[C@H]1CCCc1cc(C(=O)O)ccc12. The van der Waals surface area contributed by atoms with Crippen LogP contribution < -0.4 is 0 Å². The molecule has 2 atom stereocenters. The van der Waals surface area contributed by atoms with Crippen LogP contribution >= 0.6 is 0 Å². The molecule has 1 N–H and O–H groups in total. The summed E-state index contributed by atoms with van der Waals surface area (Å²) in [6, 6.07) is 16.6. The average Bonchev–Trinajstić information content (AvgIpc) is 2.84. The molecule has 0 amide bonds. The van der Waals surface area contributed by atoms with E-state index in [-0.39, 0.29) is 5.41 Å². The largest absolute Gasteiger partial charge is 0.478 e. The minimum Gasteiger partial charge on any atom is -0.478 e. The summed E-state index contributed by atoms with van der Waals surface area (Å²) in [5.74, 6) is -0.196. The monoisotopic (exact) mass is 346 g/mol. The van der Waals surface area contributed by atoms with Crippen molar-refractivity contribution in [2.24, 2.45) is 5.92 Å². The highest BCUT2D eigenvalue weighted by Gasteiger charge is 2.43. The summed E-state index contributed by atoms with van der Waals surface area (Å²) in [5.41, 5.74) is 6.06. The van der Waals surface area contributed by atoms with Crippen LogP contribution in [0.25, 0.3) is 5.57 Å². The van der Waals surface area contributed by atoms with Crippen molar-refractivity contribution in [2.45, 2.75) is 50.9 Å². The van der Waals surface area contributed by atoms with Crippen LogP contribution in [0, 0.1) is 5.92 Å². The number of aryl methyl sites for hydroxylation is 1. The van der Waals surface area contributed by atoms with Crippen LogP contribution in [0.5, 0.6) is 0 Å². The van der Waals surface area contributed by atoms with Gasteiger partial charge in [-0.25, -0.2) is 4.79 Å². The van der Waals surface area contributed by atoms with Crippen molar-refractivity contribution in [3.8, 4) is 0 Å². The zero-order valence-electron chi connectivity index (χ0n) is 15.4. The molecule has 0 heterocycles. The maximum Gasteiger partial charge on any atom is 0.335 e. The molecule has 134 valence electrons. The fourth-order valence-corrected chi connectivity index (χ4v) is 5.19. The molecular weight excluding hydrogens is 320 g/mol. The van der Waals surface area contributed by atoms with Gasteiger partial charge in [0.05, 0.1) is 5.56 Å². The Morgan fingerprint density at radius 3 is 2.73 bits per heavy atom. The maximum atomic E-state index is 11.4. The zero-order chi connectivity index (χ0) is 18.1. The molecule has 0 fully saturated rings. The molecular formula is C24H26O2. The second kappa shape index (κ2) is 6.75. The molecule has 0 spiro atoms. The third-order valence-corrected chi connectivity index (χ3v) is 6.62. The Kier molecular flexibility index (Phi) is 4.44. The number of hydrogen-bond donors (Lipinski definition) is 1. The lowest BCUT2D eigenvalue weighted by molar-refractivity contribution is 0.0696. The van der Waals surface area contributed by atoms with Crippen LogP contribution in [0.3, 0.4) is 0 Å². The quantitative estimate of drug-likeness (QED) is 0.755. The van der Waals surface area contributed by atoms with E-state index < -0.39 is 5.97 Å². The van der Waals surface area contributed by atoms with Crippen molar-refractivity contribution < 1.29 is 9.90 Å². The van der Waals surface area contributed by atoms with E-state index in [0.717, 1.165) is 32.1 Å². The van der Waals surface area contributed by atoms with Crippen LogP contribution in [0.15, 0.2) is 54.6 Å². The standard InChI is InChI=1S/C24H26O2/c1-2-24-14-13-18(17-7-4-3-5-8-17)16-21(24)10-6-9-19-15-20(23(25)26)11-12-22(19)24/h3-5,7-8,11-13,15,21H,2,6,9-10,14,16H2,1H3,(H,25,26)/t21-,24+/m1/s1. The molecule has 2 nitrogen and oxygen atoms in total. The molecule has 2 aliphatic rings. The predicted octanol–water partition coefficient (Wildman–Crippen LogP) is 5.86. The first kappa shape index (κ1) is 17.1. The van der Waals surface area contributed by atoms with Crippen molar-refractivity contribution in [2.75, 3.05) is 0 Å². The normalized spacial score (nSPS) is 24.8. The molecule has 4 rings (SSSR count). The lowest BCUT2D eigenvalue weighted by Crippen LogP contribution is -2.36. The van der Waals surface area contributed by atoms with E-state index >= 15 is 0 Å². The number of benzene rings is 2. The number of aromatic carboxylic acids is 1. The Labute approximate surface area is 155 Å². The number of allylic oxidation sites excluding steroid dienone is 2. The molecule has 0 aliphatic heterocycles. The molecule has 0 radical (unpaired) electrons. The molecule has 0 saturated carbocycles. The molecule has 2 aromatic carbocycles. The molecule has 2 aromatic rings. The van der Waals surface area contributed by atoms with Gasteiger partial charge in [0.1, 0.15) is 0 Å². The molecule has 2 aliphatic carbocycles. The maximum absolute atomic E-state index is 11.4. The second-order valence-electron chi connectivity index (χ2n) is 7.78. The number of carboxylic acids is 1. The predicted molar refractivity (Wildman–Crippen MR) is 105 cm³/mol. The molecule has 0 bridgehead atoms. The first-order valence-corrected chi connectivity index (χ1v) is 9.75. The summed E-state index contributed by atoms with van der Waals surface area (Å²) in [4.78, 5) is 11.4. The highest BCUT2D eigenvalue weighted by molar-refractivity contribution is 5.88. The van der Waals surface area contributed by atoms with E-state index in [4.69, 9.17) is 0 Å². The Morgan fingerprint density at radius 1 is 1.19 bits per heavy atom. The van der Waals surface area contributed by atoms with Crippen molar-refractivity contribution in [1.29, 1.82) is 0 Å². The Hall–Kier alpha value is -2.35. The number of rotatable bonds is 3. The fraction of sp³-hybridized carbons (Fsp3) is 0.375. The molecule has 2 heteroatoms.